The van der Waals surface area contributed by atoms with Gasteiger partial charge in [-0.05, 0) is 29.7 Å². The Kier molecular flexibility index (Phi) is 2.52. The minimum Gasteiger partial charge on any atom is -0.0795 e. The smallest absolute Gasteiger partial charge is 0.0321 e. The molecule has 0 fully saturated rings. The molecule has 80 valence electrons. The van der Waals surface area contributed by atoms with Crippen LogP contribution in [0.3, 0.4) is 0 Å². The summed E-state index contributed by atoms with van der Waals surface area (Å²) >= 11 is 0. The van der Waals surface area contributed by atoms with E-state index in [1.165, 1.54) is 11.1 Å². The normalized spacial score (nSPS) is 12.2. The van der Waals surface area contributed by atoms with Crippen LogP contribution in [0, 0.1) is 11.8 Å². The van der Waals surface area contributed by atoms with E-state index in [1.807, 2.05) is 12.1 Å². The van der Waals surface area contributed by atoms with Crippen LogP contribution in [-0.2, 0) is 6.42 Å². The van der Waals surface area contributed by atoms with Gasteiger partial charge in [0.05, 0.1) is 0 Å². The van der Waals surface area contributed by atoms with E-state index in [4.69, 9.17) is 0 Å². The van der Waals surface area contributed by atoms with Crippen molar-refractivity contribution in [3.8, 4) is 11.8 Å². The van der Waals surface area contributed by atoms with Gasteiger partial charge in [0.15, 0.2) is 0 Å². The van der Waals surface area contributed by atoms with Gasteiger partial charge in [-0.3, -0.25) is 0 Å². The van der Waals surface area contributed by atoms with Gasteiger partial charge in [0.1, 0.15) is 0 Å². The zero-order valence-electron chi connectivity index (χ0n) is 9.48. The molecule has 0 unspecified atom stereocenters. The summed E-state index contributed by atoms with van der Waals surface area (Å²) in [7, 11) is 0. The first-order chi connectivity index (χ1) is 8.43. The average molecular weight is 216 g/mol. The Bertz CT molecular complexity index is 636. The largest absolute Gasteiger partial charge is 0.0795 e. The van der Waals surface area contributed by atoms with Crippen LogP contribution in [0.1, 0.15) is 22.3 Å². The fourth-order valence-electron chi connectivity index (χ4n) is 2.02. The molecule has 0 aliphatic heterocycles. The van der Waals surface area contributed by atoms with E-state index in [1.54, 1.807) is 0 Å². The number of rotatable bonds is 0. The van der Waals surface area contributed by atoms with Crippen molar-refractivity contribution in [3.05, 3.63) is 76.9 Å². The van der Waals surface area contributed by atoms with E-state index >= 15 is 0 Å². The van der Waals surface area contributed by atoms with Crippen molar-refractivity contribution in [2.75, 3.05) is 0 Å². The molecule has 1 aliphatic rings. The fraction of sp³-hybridized carbons (Fsp3) is 0.0588. The highest BCUT2D eigenvalue weighted by Crippen LogP contribution is 2.15. The van der Waals surface area contributed by atoms with Gasteiger partial charge in [-0.25, -0.2) is 0 Å². The molecular formula is C17H12. The molecule has 0 saturated carbocycles. The molecule has 0 N–H and O–H groups in total. The third kappa shape index (κ3) is 2.00. The second-order valence-electron chi connectivity index (χ2n) is 4.10. The summed E-state index contributed by atoms with van der Waals surface area (Å²) in [6, 6.07) is 16.6. The minimum atomic E-state index is 0.944. The van der Waals surface area contributed by atoms with Crippen LogP contribution in [0.25, 0.3) is 6.08 Å². The number of hydrogen-bond donors (Lipinski definition) is 0. The lowest BCUT2D eigenvalue weighted by Gasteiger charge is -1.99. The zero-order chi connectivity index (χ0) is 11.5. The maximum absolute atomic E-state index is 3.27. The maximum atomic E-state index is 3.27. The van der Waals surface area contributed by atoms with Crippen molar-refractivity contribution < 1.29 is 0 Å². The third-order valence-corrected chi connectivity index (χ3v) is 2.95. The standard InChI is InChI=1S/C17H12/c1-3-8-16-12-13-17-9-4-2-7-15(17)11-5-10-14(16)6-1/h1-10H,11H2. The Morgan fingerprint density at radius 2 is 1.47 bits per heavy atom. The van der Waals surface area contributed by atoms with Gasteiger partial charge in [0.2, 0.25) is 0 Å². The second kappa shape index (κ2) is 4.31. The monoisotopic (exact) mass is 216 g/mol. The molecule has 0 nitrogen and oxygen atoms in total. The van der Waals surface area contributed by atoms with Gasteiger partial charge >= 0.3 is 0 Å². The molecule has 1 aliphatic carbocycles. The van der Waals surface area contributed by atoms with Crippen LogP contribution in [-0.4, -0.2) is 0 Å². The maximum Gasteiger partial charge on any atom is 0.0321 e. The average Bonchev–Trinajstić information content (AvgIpc) is 2.47. The van der Waals surface area contributed by atoms with E-state index in [-0.39, 0.29) is 0 Å². The summed E-state index contributed by atoms with van der Waals surface area (Å²) < 4.78 is 0. The third-order valence-electron chi connectivity index (χ3n) is 2.95. The van der Waals surface area contributed by atoms with Crippen molar-refractivity contribution in [2.45, 2.75) is 6.42 Å². The summed E-state index contributed by atoms with van der Waals surface area (Å²) in [5.41, 5.74) is 4.73. The molecule has 0 aromatic heterocycles. The van der Waals surface area contributed by atoms with E-state index in [9.17, 15) is 0 Å². The fourth-order valence-corrected chi connectivity index (χ4v) is 2.02. The van der Waals surface area contributed by atoms with Gasteiger partial charge in [0, 0.05) is 11.1 Å². The van der Waals surface area contributed by atoms with Crippen molar-refractivity contribution in [3.63, 3.8) is 0 Å². The molecule has 0 atom stereocenters. The molecule has 3 rings (SSSR count). The lowest BCUT2D eigenvalue weighted by atomic mass is 10.1. The first-order valence-electron chi connectivity index (χ1n) is 5.79. The van der Waals surface area contributed by atoms with Crippen molar-refractivity contribution >= 4 is 6.08 Å². The van der Waals surface area contributed by atoms with E-state index in [0.29, 0.717) is 0 Å². The molecule has 0 amide bonds. The number of benzene rings is 2. The Morgan fingerprint density at radius 3 is 2.41 bits per heavy atom. The first kappa shape index (κ1) is 9.93. The highest BCUT2D eigenvalue weighted by Gasteiger charge is 2.00. The van der Waals surface area contributed by atoms with Gasteiger partial charge in [-0.2, -0.15) is 0 Å². The van der Waals surface area contributed by atoms with Crippen molar-refractivity contribution in [1.29, 1.82) is 0 Å². The molecule has 0 bridgehead atoms. The van der Waals surface area contributed by atoms with Crippen molar-refractivity contribution in [1.82, 2.24) is 0 Å². The van der Waals surface area contributed by atoms with E-state index < -0.39 is 0 Å². The lowest BCUT2D eigenvalue weighted by Crippen LogP contribution is -1.86. The summed E-state index contributed by atoms with van der Waals surface area (Å²) in [5.74, 6) is 6.53. The Morgan fingerprint density at radius 1 is 0.765 bits per heavy atom. The van der Waals surface area contributed by atoms with Crippen LogP contribution < -0.4 is 0 Å². The first-order valence-corrected chi connectivity index (χ1v) is 5.79. The molecule has 0 radical (unpaired) electrons. The number of fused-ring (bicyclic) bond motifs is 2. The Hall–Kier alpha value is -2.26. The highest BCUT2D eigenvalue weighted by molar-refractivity contribution is 5.62. The van der Waals surface area contributed by atoms with Crippen molar-refractivity contribution in [2.24, 2.45) is 0 Å². The lowest BCUT2D eigenvalue weighted by molar-refractivity contribution is 1.26. The van der Waals surface area contributed by atoms with Gasteiger partial charge in [-0.15, -0.1) is 0 Å². The summed E-state index contributed by atoms with van der Waals surface area (Å²) in [4.78, 5) is 0. The summed E-state index contributed by atoms with van der Waals surface area (Å²) in [5, 5.41) is 0. The van der Waals surface area contributed by atoms with Gasteiger partial charge in [0.25, 0.3) is 0 Å². The van der Waals surface area contributed by atoms with Crippen LogP contribution >= 0.6 is 0 Å². The topological polar surface area (TPSA) is 0 Å². The highest BCUT2D eigenvalue weighted by atomic mass is 14.0. The van der Waals surface area contributed by atoms with Crippen LogP contribution in [0.15, 0.2) is 54.6 Å². The van der Waals surface area contributed by atoms with Gasteiger partial charge < -0.3 is 0 Å². The minimum absolute atomic E-state index is 0.944. The SMILES string of the molecule is C1#Cc2ccccc2CC=Cc2ccccc21. The second-order valence-corrected chi connectivity index (χ2v) is 4.10. The quantitative estimate of drug-likeness (QED) is 0.590. The van der Waals surface area contributed by atoms with E-state index in [2.05, 4.69) is 60.4 Å². The predicted molar refractivity (Wildman–Crippen MR) is 71.6 cm³/mol. The molecular weight excluding hydrogens is 204 g/mol. The molecule has 0 heterocycles. The number of allylic oxidation sites excluding steroid dienone is 1. The van der Waals surface area contributed by atoms with Crippen LogP contribution in [0.2, 0.25) is 0 Å². The van der Waals surface area contributed by atoms with Gasteiger partial charge in [-0.1, -0.05) is 60.4 Å². The molecule has 0 saturated heterocycles. The molecule has 2 aromatic carbocycles. The molecule has 0 spiro atoms. The molecule has 0 heteroatoms. The zero-order valence-corrected chi connectivity index (χ0v) is 9.48. The van der Waals surface area contributed by atoms with Crippen LogP contribution in [0.5, 0.6) is 0 Å². The summed E-state index contributed by atoms with van der Waals surface area (Å²) in [6.45, 7) is 0. The molecule has 17 heavy (non-hydrogen) atoms. The number of hydrogen-bond acceptors (Lipinski definition) is 0. The Labute approximate surface area is 102 Å². The Balaban J connectivity index is 2.18. The van der Waals surface area contributed by atoms with E-state index in [0.717, 1.165) is 17.5 Å². The predicted octanol–water partition coefficient (Wildman–Crippen LogP) is 3.66. The van der Waals surface area contributed by atoms with Crippen LogP contribution in [0.4, 0.5) is 0 Å². The molecule has 2 aromatic rings. The summed E-state index contributed by atoms with van der Waals surface area (Å²) in [6.07, 6.45) is 5.30.